The highest BCUT2D eigenvalue weighted by atomic mass is 16.5. The highest BCUT2D eigenvalue weighted by Crippen LogP contribution is 2.37. The maximum Gasteiger partial charge on any atom is 0.260 e. The summed E-state index contributed by atoms with van der Waals surface area (Å²) in [5.74, 6) is 0.829. The minimum atomic E-state index is -0.0408. The van der Waals surface area contributed by atoms with Gasteiger partial charge in [-0.2, -0.15) is 0 Å². The molecule has 1 unspecified atom stereocenters. The number of hydrogen-bond acceptors (Lipinski definition) is 5. The van der Waals surface area contributed by atoms with Gasteiger partial charge in [-0.1, -0.05) is 17.7 Å². The summed E-state index contributed by atoms with van der Waals surface area (Å²) in [6, 6.07) is 8.47. The van der Waals surface area contributed by atoms with Crippen molar-refractivity contribution >= 4 is 5.91 Å². The minimum absolute atomic E-state index is 0.0408. The smallest absolute Gasteiger partial charge is 0.260 e. The van der Waals surface area contributed by atoms with Crippen molar-refractivity contribution in [1.29, 1.82) is 0 Å². The van der Waals surface area contributed by atoms with Crippen LogP contribution in [0, 0.1) is 6.92 Å². The lowest BCUT2D eigenvalue weighted by Gasteiger charge is -2.49. The molecule has 0 saturated carbocycles. The summed E-state index contributed by atoms with van der Waals surface area (Å²) in [6.07, 6.45) is 4.12. The van der Waals surface area contributed by atoms with Crippen LogP contribution in [0.25, 0.3) is 0 Å². The van der Waals surface area contributed by atoms with Crippen LogP contribution in [-0.4, -0.2) is 91.8 Å². The van der Waals surface area contributed by atoms with Gasteiger partial charge in [-0.25, -0.2) is 0 Å². The Bertz CT molecular complexity index is 677. The molecule has 3 heterocycles. The van der Waals surface area contributed by atoms with Gasteiger partial charge in [-0.15, -0.1) is 0 Å². The minimum Gasteiger partial charge on any atom is -0.484 e. The first-order valence-corrected chi connectivity index (χ1v) is 11.1. The lowest BCUT2D eigenvalue weighted by molar-refractivity contribution is -0.151. The SMILES string of the molecule is Cc1ccc(OCC(=O)N2CCC3(CC2)CC(N2CCN(C)CC2)CCO3)cc1. The standard InChI is InChI=1S/C23H35N3O3/c1-19-3-5-21(6-4-19)28-18-22(27)26-10-8-23(9-11-26)17-20(7-16-29-23)25-14-12-24(2)13-15-25/h3-6,20H,7-18H2,1-2H3. The van der Waals surface area contributed by atoms with Crippen molar-refractivity contribution in [2.24, 2.45) is 0 Å². The number of hydrogen-bond donors (Lipinski definition) is 0. The topological polar surface area (TPSA) is 45.2 Å². The summed E-state index contributed by atoms with van der Waals surface area (Å²) in [7, 11) is 2.21. The number of piperidine rings is 1. The molecule has 4 rings (SSSR count). The van der Waals surface area contributed by atoms with E-state index in [4.69, 9.17) is 9.47 Å². The summed E-state index contributed by atoms with van der Waals surface area (Å²) in [6.45, 7) is 9.19. The van der Waals surface area contributed by atoms with Crippen molar-refractivity contribution in [3.8, 4) is 5.75 Å². The van der Waals surface area contributed by atoms with Crippen molar-refractivity contribution in [3.63, 3.8) is 0 Å². The Morgan fingerprint density at radius 3 is 2.48 bits per heavy atom. The molecule has 6 heteroatoms. The second-order valence-corrected chi connectivity index (χ2v) is 9.00. The average Bonchev–Trinajstić information content (AvgIpc) is 2.74. The number of piperazine rings is 1. The summed E-state index contributed by atoms with van der Waals surface area (Å²) in [5.41, 5.74) is 1.15. The van der Waals surface area contributed by atoms with Crippen LogP contribution in [0.3, 0.4) is 0 Å². The van der Waals surface area contributed by atoms with E-state index in [1.54, 1.807) is 0 Å². The quantitative estimate of drug-likeness (QED) is 0.774. The molecule has 0 bridgehead atoms. The first-order chi connectivity index (χ1) is 14.0. The van der Waals surface area contributed by atoms with Gasteiger partial charge in [0.1, 0.15) is 5.75 Å². The van der Waals surface area contributed by atoms with Crippen LogP contribution in [0.5, 0.6) is 5.75 Å². The molecule has 3 fully saturated rings. The fourth-order valence-electron chi connectivity index (χ4n) is 4.88. The number of ether oxygens (including phenoxy) is 2. The zero-order valence-electron chi connectivity index (χ0n) is 17.9. The molecule has 0 radical (unpaired) electrons. The summed E-state index contributed by atoms with van der Waals surface area (Å²) in [5, 5.41) is 0. The number of carbonyl (C=O) groups excluding carboxylic acids is 1. The molecule has 1 spiro atoms. The number of amides is 1. The van der Waals surface area contributed by atoms with E-state index >= 15 is 0 Å². The molecule has 3 aliphatic heterocycles. The fraction of sp³-hybridized carbons (Fsp3) is 0.696. The maximum atomic E-state index is 12.6. The van der Waals surface area contributed by atoms with Crippen LogP contribution in [0.15, 0.2) is 24.3 Å². The van der Waals surface area contributed by atoms with Crippen LogP contribution in [-0.2, 0) is 9.53 Å². The van der Waals surface area contributed by atoms with Gasteiger partial charge in [0.15, 0.2) is 6.61 Å². The van der Waals surface area contributed by atoms with E-state index in [9.17, 15) is 4.79 Å². The summed E-state index contributed by atoms with van der Waals surface area (Å²) < 4.78 is 12.0. The number of carbonyl (C=O) groups is 1. The molecule has 160 valence electrons. The molecular formula is C23H35N3O3. The second kappa shape index (κ2) is 9.02. The Kier molecular flexibility index (Phi) is 6.42. The van der Waals surface area contributed by atoms with E-state index in [2.05, 4.69) is 16.8 Å². The van der Waals surface area contributed by atoms with Gasteiger partial charge >= 0.3 is 0 Å². The van der Waals surface area contributed by atoms with E-state index in [0.717, 1.165) is 77.3 Å². The van der Waals surface area contributed by atoms with E-state index < -0.39 is 0 Å². The number of likely N-dealkylation sites (N-methyl/N-ethyl adjacent to an activating group) is 1. The molecule has 0 aromatic heterocycles. The van der Waals surface area contributed by atoms with E-state index in [0.29, 0.717) is 6.04 Å². The van der Waals surface area contributed by atoms with Gasteiger partial charge in [-0.3, -0.25) is 9.69 Å². The monoisotopic (exact) mass is 401 g/mol. The fourth-order valence-corrected chi connectivity index (χ4v) is 4.88. The lowest BCUT2D eigenvalue weighted by Crippen LogP contribution is -2.57. The number of rotatable bonds is 4. The molecule has 1 atom stereocenters. The predicted octanol–water partition coefficient (Wildman–Crippen LogP) is 2.16. The number of nitrogens with zero attached hydrogens (tertiary/aromatic N) is 3. The molecule has 29 heavy (non-hydrogen) atoms. The van der Waals surface area contributed by atoms with Gasteiger partial charge in [-0.05, 0) is 51.8 Å². The van der Waals surface area contributed by atoms with Gasteiger partial charge in [0, 0.05) is 51.9 Å². The molecule has 1 aromatic carbocycles. The zero-order valence-corrected chi connectivity index (χ0v) is 17.9. The van der Waals surface area contributed by atoms with Crippen LogP contribution in [0.2, 0.25) is 0 Å². The van der Waals surface area contributed by atoms with E-state index in [1.807, 2.05) is 36.1 Å². The van der Waals surface area contributed by atoms with Gasteiger partial charge in [0.2, 0.25) is 0 Å². The van der Waals surface area contributed by atoms with Crippen LogP contribution < -0.4 is 4.74 Å². The van der Waals surface area contributed by atoms with Crippen LogP contribution in [0.1, 0.15) is 31.2 Å². The third-order valence-corrected chi connectivity index (χ3v) is 6.93. The molecule has 1 aromatic rings. The highest BCUT2D eigenvalue weighted by molar-refractivity contribution is 5.77. The highest BCUT2D eigenvalue weighted by Gasteiger charge is 2.42. The summed E-state index contributed by atoms with van der Waals surface area (Å²) in [4.78, 5) is 19.6. The van der Waals surface area contributed by atoms with Gasteiger partial charge < -0.3 is 19.3 Å². The summed E-state index contributed by atoms with van der Waals surface area (Å²) >= 11 is 0. The third kappa shape index (κ3) is 5.11. The van der Waals surface area contributed by atoms with Gasteiger partial charge in [0.05, 0.1) is 5.60 Å². The number of benzene rings is 1. The average molecular weight is 402 g/mol. The van der Waals surface area contributed by atoms with E-state index in [-0.39, 0.29) is 18.1 Å². The second-order valence-electron chi connectivity index (χ2n) is 9.00. The number of aryl methyl sites for hydroxylation is 1. The van der Waals surface area contributed by atoms with E-state index in [1.165, 1.54) is 5.56 Å². The Morgan fingerprint density at radius 2 is 1.79 bits per heavy atom. The van der Waals surface area contributed by atoms with Crippen LogP contribution in [0.4, 0.5) is 0 Å². The Morgan fingerprint density at radius 1 is 1.10 bits per heavy atom. The van der Waals surface area contributed by atoms with Crippen molar-refractivity contribution < 1.29 is 14.3 Å². The first-order valence-electron chi connectivity index (χ1n) is 11.1. The van der Waals surface area contributed by atoms with Crippen molar-refractivity contribution in [3.05, 3.63) is 29.8 Å². The maximum absolute atomic E-state index is 12.6. The Labute approximate surface area is 174 Å². The first kappa shape index (κ1) is 20.6. The Hall–Kier alpha value is -1.63. The third-order valence-electron chi connectivity index (χ3n) is 6.93. The Balaban J connectivity index is 1.25. The molecule has 3 saturated heterocycles. The molecule has 3 aliphatic rings. The predicted molar refractivity (Wildman–Crippen MR) is 113 cm³/mol. The normalized spacial score (nSPS) is 25.9. The van der Waals surface area contributed by atoms with Crippen molar-refractivity contribution in [1.82, 2.24) is 14.7 Å². The van der Waals surface area contributed by atoms with Gasteiger partial charge in [0.25, 0.3) is 5.91 Å². The molecular weight excluding hydrogens is 366 g/mol. The molecule has 0 N–H and O–H groups in total. The molecule has 6 nitrogen and oxygen atoms in total. The zero-order chi connectivity index (χ0) is 20.3. The lowest BCUT2D eigenvalue weighted by atomic mass is 9.81. The number of likely N-dealkylation sites (tertiary alicyclic amines) is 1. The van der Waals surface area contributed by atoms with Crippen LogP contribution >= 0.6 is 0 Å². The molecule has 0 aliphatic carbocycles. The molecule has 1 amide bonds. The van der Waals surface area contributed by atoms with Crippen molar-refractivity contribution in [2.45, 2.75) is 44.2 Å². The van der Waals surface area contributed by atoms with Crippen molar-refractivity contribution in [2.75, 3.05) is 59.5 Å². The largest absolute Gasteiger partial charge is 0.484 e.